The van der Waals surface area contributed by atoms with Gasteiger partial charge in [-0.1, -0.05) is 25.0 Å². The average molecular weight is 396 g/mol. The molecule has 1 N–H and O–H groups in total. The maximum atomic E-state index is 12.7. The smallest absolute Gasteiger partial charge is 0.273 e. The summed E-state index contributed by atoms with van der Waals surface area (Å²) in [5, 5.41) is 7.32. The van der Waals surface area contributed by atoms with Crippen LogP contribution in [0, 0.1) is 0 Å². The summed E-state index contributed by atoms with van der Waals surface area (Å²) in [6.45, 7) is 3.43. The topological polar surface area (TPSA) is 70.5 Å². The molecule has 1 saturated heterocycles. The molecular weight excluding hydrogens is 366 g/mol. The third kappa shape index (κ3) is 4.67. The van der Waals surface area contributed by atoms with E-state index in [1.165, 1.54) is 12.8 Å². The summed E-state index contributed by atoms with van der Waals surface area (Å²) in [5.41, 5.74) is 2.29. The van der Waals surface area contributed by atoms with Crippen molar-refractivity contribution in [3.05, 3.63) is 47.8 Å². The Morgan fingerprint density at radius 1 is 1.03 bits per heavy atom. The van der Waals surface area contributed by atoms with Gasteiger partial charge in [0.25, 0.3) is 5.91 Å². The monoisotopic (exact) mass is 395 g/mol. The Hall–Kier alpha value is -2.67. The van der Waals surface area contributed by atoms with Crippen LogP contribution in [0.2, 0.25) is 0 Å². The first-order valence-electron chi connectivity index (χ1n) is 10.5. The predicted molar refractivity (Wildman–Crippen MR) is 112 cm³/mol. The van der Waals surface area contributed by atoms with Gasteiger partial charge in [0.1, 0.15) is 5.69 Å². The van der Waals surface area contributed by atoms with Crippen LogP contribution in [-0.2, 0) is 11.2 Å². The zero-order chi connectivity index (χ0) is 20.2. The van der Waals surface area contributed by atoms with Gasteiger partial charge in [-0.25, -0.2) is 0 Å². The lowest BCUT2D eigenvalue weighted by molar-refractivity contribution is -0.132. The van der Waals surface area contributed by atoms with E-state index in [1.54, 1.807) is 12.3 Å². The molecule has 0 unspecified atom stereocenters. The molecule has 0 bridgehead atoms. The highest BCUT2D eigenvalue weighted by atomic mass is 16.2. The Morgan fingerprint density at radius 2 is 1.72 bits per heavy atom. The lowest BCUT2D eigenvalue weighted by Crippen LogP contribution is -2.47. The van der Waals surface area contributed by atoms with Gasteiger partial charge in [-0.2, -0.15) is 5.10 Å². The maximum Gasteiger partial charge on any atom is 0.273 e. The summed E-state index contributed by atoms with van der Waals surface area (Å²) < 4.78 is 1.87. The Labute approximate surface area is 171 Å². The van der Waals surface area contributed by atoms with Crippen LogP contribution >= 0.6 is 0 Å². The van der Waals surface area contributed by atoms with E-state index >= 15 is 0 Å². The molecule has 4 rings (SSSR count). The highest BCUT2D eigenvalue weighted by Gasteiger charge is 2.23. The maximum absolute atomic E-state index is 12.7. The molecule has 7 nitrogen and oxygen atoms in total. The fraction of sp³-hybridized carbons (Fsp3) is 0.500. The number of carbonyl (C=O) groups is 2. The van der Waals surface area contributed by atoms with Crippen molar-refractivity contribution in [2.45, 2.75) is 38.1 Å². The fourth-order valence-electron chi connectivity index (χ4n) is 4.18. The number of carbonyl (C=O) groups excluding carboxylic acids is 2. The molecule has 0 spiro atoms. The third-order valence-electron chi connectivity index (χ3n) is 6.00. The van der Waals surface area contributed by atoms with Gasteiger partial charge in [0, 0.05) is 38.1 Å². The van der Waals surface area contributed by atoms with Crippen LogP contribution in [-0.4, -0.2) is 64.6 Å². The van der Waals surface area contributed by atoms with Crippen molar-refractivity contribution in [1.82, 2.24) is 19.6 Å². The van der Waals surface area contributed by atoms with Crippen molar-refractivity contribution >= 4 is 17.5 Å². The zero-order valence-electron chi connectivity index (χ0n) is 17.0. The fourth-order valence-corrected chi connectivity index (χ4v) is 4.18. The van der Waals surface area contributed by atoms with E-state index in [2.05, 4.69) is 22.4 Å². The molecule has 1 aromatic heterocycles. The van der Waals surface area contributed by atoms with E-state index in [0.717, 1.165) is 50.3 Å². The van der Waals surface area contributed by atoms with Crippen LogP contribution < -0.4 is 5.32 Å². The molecule has 1 saturated carbocycles. The van der Waals surface area contributed by atoms with Crippen molar-refractivity contribution in [2.75, 3.05) is 38.5 Å². The number of piperazine rings is 1. The summed E-state index contributed by atoms with van der Waals surface area (Å²) >= 11 is 0. The molecule has 2 aromatic rings. The van der Waals surface area contributed by atoms with Crippen LogP contribution in [0.15, 0.2) is 36.5 Å². The molecule has 0 atom stereocenters. The first-order valence-corrected chi connectivity index (χ1v) is 10.5. The molecule has 29 heavy (non-hydrogen) atoms. The average Bonchev–Trinajstić information content (AvgIpc) is 3.41. The lowest BCUT2D eigenvalue weighted by atomic mass is 10.1. The SMILES string of the molecule is CN1CCN(C(=O)Cc2ccc(NC(=O)c3ccnn3C3CCCC3)cc2)CC1. The summed E-state index contributed by atoms with van der Waals surface area (Å²) in [6.07, 6.45) is 6.64. The first-order chi connectivity index (χ1) is 14.1. The quantitative estimate of drug-likeness (QED) is 0.845. The molecule has 1 aliphatic heterocycles. The van der Waals surface area contributed by atoms with E-state index in [1.807, 2.05) is 33.8 Å². The summed E-state index contributed by atoms with van der Waals surface area (Å²) in [7, 11) is 2.08. The van der Waals surface area contributed by atoms with Crippen molar-refractivity contribution in [3.63, 3.8) is 0 Å². The van der Waals surface area contributed by atoms with Crippen LogP contribution in [0.1, 0.15) is 47.8 Å². The molecule has 2 fully saturated rings. The number of likely N-dealkylation sites (N-methyl/N-ethyl adjacent to an activating group) is 1. The minimum atomic E-state index is -0.143. The summed E-state index contributed by atoms with van der Waals surface area (Å²) in [6, 6.07) is 9.65. The Kier molecular flexibility index (Phi) is 5.94. The van der Waals surface area contributed by atoms with Crippen LogP contribution in [0.3, 0.4) is 0 Å². The zero-order valence-corrected chi connectivity index (χ0v) is 17.0. The Bertz CT molecular complexity index is 846. The van der Waals surface area contributed by atoms with Crippen molar-refractivity contribution in [1.29, 1.82) is 0 Å². The van der Waals surface area contributed by atoms with Gasteiger partial charge in [0.05, 0.1) is 12.5 Å². The number of benzene rings is 1. The second-order valence-electron chi connectivity index (χ2n) is 8.11. The molecule has 2 amide bonds. The summed E-state index contributed by atoms with van der Waals surface area (Å²) in [5.74, 6) is 0.0195. The molecule has 154 valence electrons. The highest BCUT2D eigenvalue weighted by Crippen LogP contribution is 2.30. The molecule has 1 aliphatic carbocycles. The Morgan fingerprint density at radius 3 is 2.41 bits per heavy atom. The van der Waals surface area contributed by atoms with Crippen molar-refractivity contribution < 1.29 is 9.59 Å². The van der Waals surface area contributed by atoms with E-state index in [4.69, 9.17) is 0 Å². The minimum Gasteiger partial charge on any atom is -0.340 e. The Balaban J connectivity index is 1.34. The number of hydrogen-bond acceptors (Lipinski definition) is 4. The molecule has 0 radical (unpaired) electrons. The van der Waals surface area contributed by atoms with E-state index in [0.29, 0.717) is 18.2 Å². The minimum absolute atomic E-state index is 0.143. The molecule has 1 aromatic carbocycles. The molecular formula is C22H29N5O2. The van der Waals surface area contributed by atoms with Gasteiger partial charge in [-0.15, -0.1) is 0 Å². The van der Waals surface area contributed by atoms with E-state index in [9.17, 15) is 9.59 Å². The molecule has 2 aliphatic rings. The largest absolute Gasteiger partial charge is 0.340 e. The second-order valence-corrected chi connectivity index (χ2v) is 8.11. The summed E-state index contributed by atoms with van der Waals surface area (Å²) in [4.78, 5) is 29.4. The lowest BCUT2D eigenvalue weighted by Gasteiger charge is -2.32. The standard InChI is InChI=1S/C22H29N5O2/c1-25-12-14-26(15-13-25)21(28)16-17-6-8-18(9-7-17)24-22(29)20-10-11-23-27(20)19-4-2-3-5-19/h6-11,19H,2-5,12-16H2,1H3,(H,24,29). The van der Waals surface area contributed by atoms with Gasteiger partial charge >= 0.3 is 0 Å². The normalized spacial score (nSPS) is 18.2. The van der Waals surface area contributed by atoms with E-state index < -0.39 is 0 Å². The number of amides is 2. The predicted octanol–water partition coefficient (Wildman–Crippen LogP) is 2.57. The molecule has 2 heterocycles. The number of rotatable bonds is 5. The highest BCUT2D eigenvalue weighted by molar-refractivity contribution is 6.03. The van der Waals surface area contributed by atoms with Gasteiger partial charge < -0.3 is 15.1 Å². The number of anilines is 1. The van der Waals surface area contributed by atoms with Crippen molar-refractivity contribution in [2.24, 2.45) is 0 Å². The molecule has 7 heteroatoms. The van der Waals surface area contributed by atoms with Gasteiger partial charge in [0.2, 0.25) is 5.91 Å². The number of nitrogens with one attached hydrogen (secondary N) is 1. The van der Waals surface area contributed by atoms with Crippen LogP contribution in [0.5, 0.6) is 0 Å². The van der Waals surface area contributed by atoms with Gasteiger partial charge in [-0.05, 0) is 43.7 Å². The van der Waals surface area contributed by atoms with Crippen LogP contribution in [0.25, 0.3) is 0 Å². The van der Waals surface area contributed by atoms with Gasteiger partial charge in [-0.3, -0.25) is 14.3 Å². The van der Waals surface area contributed by atoms with Crippen LogP contribution in [0.4, 0.5) is 5.69 Å². The van der Waals surface area contributed by atoms with Gasteiger partial charge in [0.15, 0.2) is 0 Å². The third-order valence-corrected chi connectivity index (χ3v) is 6.00. The number of hydrogen-bond donors (Lipinski definition) is 1. The first kappa shape index (κ1) is 19.6. The van der Waals surface area contributed by atoms with E-state index in [-0.39, 0.29) is 11.8 Å². The second kappa shape index (κ2) is 8.78. The number of aromatic nitrogens is 2. The van der Waals surface area contributed by atoms with Crippen molar-refractivity contribution in [3.8, 4) is 0 Å². The number of nitrogens with zero attached hydrogens (tertiary/aromatic N) is 4.